The van der Waals surface area contributed by atoms with Crippen molar-refractivity contribution in [2.24, 2.45) is 7.05 Å². The highest BCUT2D eigenvalue weighted by atomic mass is 32.2. The molecule has 0 radical (unpaired) electrons. The summed E-state index contributed by atoms with van der Waals surface area (Å²) in [4.78, 5) is 28.3. The van der Waals surface area contributed by atoms with Crippen molar-refractivity contribution in [1.29, 1.82) is 0 Å². The molecule has 31 heavy (non-hydrogen) atoms. The second-order valence-corrected chi connectivity index (χ2v) is 8.39. The molecule has 166 valence electrons. The molecular weight excluding hydrogens is 426 g/mol. The first-order valence-corrected chi connectivity index (χ1v) is 11.0. The molecule has 3 rings (SSSR count). The second kappa shape index (κ2) is 9.31. The molecular formula is C20H23N3O7S. The monoisotopic (exact) mass is 449 g/mol. The summed E-state index contributed by atoms with van der Waals surface area (Å²) in [6.45, 7) is 3.16. The largest absolute Gasteiger partial charge is 0.461 e. The fourth-order valence-electron chi connectivity index (χ4n) is 2.85. The van der Waals surface area contributed by atoms with Gasteiger partial charge in [-0.2, -0.15) is 0 Å². The van der Waals surface area contributed by atoms with E-state index in [-0.39, 0.29) is 37.0 Å². The lowest BCUT2D eigenvalue weighted by Gasteiger charge is -2.07. The molecule has 3 aromatic rings. The summed E-state index contributed by atoms with van der Waals surface area (Å²) in [5.74, 6) is -0.769. The fourth-order valence-corrected chi connectivity index (χ4v) is 3.91. The van der Waals surface area contributed by atoms with Gasteiger partial charge in [-0.25, -0.2) is 22.9 Å². The van der Waals surface area contributed by atoms with E-state index in [1.54, 1.807) is 49.7 Å². The molecule has 0 saturated carbocycles. The van der Waals surface area contributed by atoms with Crippen LogP contribution in [0.25, 0.3) is 11.0 Å². The molecule has 1 aromatic carbocycles. The number of para-hydroxylation sites is 1. The van der Waals surface area contributed by atoms with Gasteiger partial charge in [0.1, 0.15) is 18.0 Å². The number of fused-ring (bicyclic) bond motifs is 1. The number of carbonyl (C=O) groups excluding carboxylic acids is 2. The lowest BCUT2D eigenvalue weighted by atomic mass is 10.1. The minimum atomic E-state index is -3.83. The smallest absolute Gasteiger partial charge is 0.374 e. The van der Waals surface area contributed by atoms with Crippen LogP contribution in [0.5, 0.6) is 0 Å². The Kier molecular flexibility index (Phi) is 6.76. The highest BCUT2D eigenvalue weighted by Gasteiger charge is 2.23. The van der Waals surface area contributed by atoms with Crippen LogP contribution in [-0.2, 0) is 37.9 Å². The van der Waals surface area contributed by atoms with E-state index in [9.17, 15) is 18.0 Å². The number of ether oxygens (including phenoxy) is 2. The second-order valence-electron chi connectivity index (χ2n) is 6.67. The molecule has 0 aliphatic rings. The highest BCUT2D eigenvalue weighted by Crippen LogP contribution is 2.27. The molecule has 0 unspecified atom stereocenters. The van der Waals surface area contributed by atoms with Gasteiger partial charge in [0.05, 0.1) is 18.6 Å². The first kappa shape index (κ1) is 22.5. The van der Waals surface area contributed by atoms with Gasteiger partial charge in [0.2, 0.25) is 5.76 Å². The SMILES string of the molecule is CCOC(=O)c1oc2ccccc2c1COC(=O)CCNS(=O)(=O)c1cn(C)c(C)n1. The number of imidazole rings is 1. The van der Waals surface area contributed by atoms with Crippen molar-refractivity contribution >= 4 is 32.9 Å². The van der Waals surface area contributed by atoms with Crippen LogP contribution >= 0.6 is 0 Å². The van der Waals surface area contributed by atoms with Crippen molar-refractivity contribution in [3.05, 3.63) is 47.6 Å². The third kappa shape index (κ3) is 5.12. The topological polar surface area (TPSA) is 130 Å². The summed E-state index contributed by atoms with van der Waals surface area (Å²) < 4.78 is 44.2. The molecule has 0 bridgehead atoms. The van der Waals surface area contributed by atoms with E-state index in [2.05, 4.69) is 9.71 Å². The predicted molar refractivity (Wildman–Crippen MR) is 110 cm³/mol. The van der Waals surface area contributed by atoms with E-state index in [0.717, 1.165) is 0 Å². The summed E-state index contributed by atoms with van der Waals surface area (Å²) >= 11 is 0. The average Bonchev–Trinajstić information content (AvgIpc) is 3.27. The molecule has 0 amide bonds. The van der Waals surface area contributed by atoms with Crippen LogP contribution in [0.15, 0.2) is 39.9 Å². The standard InChI is InChI=1S/C20H23N3O7S/c1-4-28-20(25)19-15(14-7-5-6-8-16(14)30-19)12-29-18(24)9-10-21-31(26,27)17-11-23(3)13(2)22-17/h5-8,11,21H,4,9-10,12H2,1-3H3. The molecule has 2 aromatic heterocycles. The summed E-state index contributed by atoms with van der Waals surface area (Å²) in [6.07, 6.45) is 1.19. The summed E-state index contributed by atoms with van der Waals surface area (Å²) in [5.41, 5.74) is 0.863. The van der Waals surface area contributed by atoms with Gasteiger partial charge in [-0.3, -0.25) is 4.79 Å². The van der Waals surface area contributed by atoms with Crippen molar-refractivity contribution in [2.75, 3.05) is 13.2 Å². The fraction of sp³-hybridized carbons (Fsp3) is 0.350. The van der Waals surface area contributed by atoms with E-state index in [1.165, 1.54) is 6.20 Å². The lowest BCUT2D eigenvalue weighted by molar-refractivity contribution is -0.144. The molecule has 0 aliphatic carbocycles. The van der Waals surface area contributed by atoms with E-state index < -0.39 is 22.0 Å². The third-order valence-electron chi connectivity index (χ3n) is 4.52. The number of sulfonamides is 1. The number of carbonyl (C=O) groups is 2. The Hall–Kier alpha value is -3.18. The first-order valence-electron chi connectivity index (χ1n) is 9.55. The van der Waals surface area contributed by atoms with E-state index in [1.807, 2.05) is 0 Å². The Bertz CT molecular complexity index is 1190. The molecule has 0 atom stereocenters. The zero-order chi connectivity index (χ0) is 22.6. The minimum absolute atomic E-state index is 0.0259. The van der Waals surface area contributed by atoms with Gasteiger partial charge < -0.3 is 18.5 Å². The van der Waals surface area contributed by atoms with Crippen LogP contribution in [0, 0.1) is 6.92 Å². The number of benzene rings is 1. The van der Waals surface area contributed by atoms with Gasteiger partial charge in [-0.1, -0.05) is 18.2 Å². The zero-order valence-corrected chi connectivity index (χ0v) is 18.2. The Morgan fingerprint density at radius 1 is 1.23 bits per heavy atom. The molecule has 2 heterocycles. The third-order valence-corrected chi connectivity index (χ3v) is 5.85. The zero-order valence-electron chi connectivity index (χ0n) is 17.4. The quantitative estimate of drug-likeness (QED) is 0.492. The van der Waals surface area contributed by atoms with Gasteiger partial charge in [0.25, 0.3) is 10.0 Å². The summed E-state index contributed by atoms with van der Waals surface area (Å²) in [7, 11) is -2.15. The van der Waals surface area contributed by atoms with Crippen molar-refractivity contribution in [3.8, 4) is 0 Å². The molecule has 0 spiro atoms. The Balaban J connectivity index is 1.61. The van der Waals surface area contributed by atoms with Crippen molar-refractivity contribution in [1.82, 2.24) is 14.3 Å². The summed E-state index contributed by atoms with van der Waals surface area (Å²) in [5, 5.41) is 0.509. The number of hydrogen-bond donors (Lipinski definition) is 1. The van der Waals surface area contributed by atoms with Crippen LogP contribution in [-0.4, -0.2) is 43.1 Å². The van der Waals surface area contributed by atoms with Crippen molar-refractivity contribution < 1.29 is 31.9 Å². The Labute approximate surface area is 179 Å². The number of rotatable bonds is 9. The average molecular weight is 449 g/mol. The van der Waals surface area contributed by atoms with Gasteiger partial charge in [-0.05, 0) is 19.9 Å². The van der Waals surface area contributed by atoms with E-state index in [4.69, 9.17) is 13.9 Å². The maximum absolute atomic E-state index is 12.2. The maximum Gasteiger partial charge on any atom is 0.374 e. The van der Waals surface area contributed by atoms with Crippen LogP contribution in [0.4, 0.5) is 0 Å². The Morgan fingerprint density at radius 2 is 1.97 bits per heavy atom. The number of hydrogen-bond acceptors (Lipinski definition) is 8. The van der Waals surface area contributed by atoms with E-state index >= 15 is 0 Å². The predicted octanol–water partition coefficient (Wildman–Crippen LogP) is 2.06. The van der Waals surface area contributed by atoms with Gasteiger partial charge in [0, 0.05) is 25.2 Å². The maximum atomic E-state index is 12.2. The summed E-state index contributed by atoms with van der Waals surface area (Å²) in [6, 6.07) is 6.96. The number of furan rings is 1. The number of nitrogens with zero attached hydrogens (tertiary/aromatic N) is 2. The molecule has 0 saturated heterocycles. The van der Waals surface area contributed by atoms with Crippen LogP contribution < -0.4 is 4.72 Å². The number of aryl methyl sites for hydroxylation is 2. The van der Waals surface area contributed by atoms with Crippen molar-refractivity contribution in [2.45, 2.75) is 31.9 Å². The number of aromatic nitrogens is 2. The minimum Gasteiger partial charge on any atom is -0.461 e. The number of esters is 2. The molecule has 11 heteroatoms. The van der Waals surface area contributed by atoms with Crippen LogP contribution in [0.1, 0.15) is 35.3 Å². The van der Waals surface area contributed by atoms with Gasteiger partial charge >= 0.3 is 11.9 Å². The van der Waals surface area contributed by atoms with Crippen molar-refractivity contribution in [3.63, 3.8) is 0 Å². The van der Waals surface area contributed by atoms with E-state index in [0.29, 0.717) is 22.4 Å². The molecule has 0 fully saturated rings. The molecule has 0 aliphatic heterocycles. The molecule has 1 N–H and O–H groups in total. The van der Waals surface area contributed by atoms with Gasteiger partial charge in [0.15, 0.2) is 5.03 Å². The Morgan fingerprint density at radius 3 is 2.65 bits per heavy atom. The number of nitrogens with one attached hydrogen (secondary N) is 1. The molecule has 10 nitrogen and oxygen atoms in total. The van der Waals surface area contributed by atoms with Crippen LogP contribution in [0.2, 0.25) is 0 Å². The normalized spacial score (nSPS) is 11.6. The lowest BCUT2D eigenvalue weighted by Crippen LogP contribution is -2.27. The van der Waals surface area contributed by atoms with Gasteiger partial charge in [-0.15, -0.1) is 0 Å². The highest BCUT2D eigenvalue weighted by molar-refractivity contribution is 7.89. The van der Waals surface area contributed by atoms with Crippen LogP contribution in [0.3, 0.4) is 0 Å². The first-order chi connectivity index (χ1) is 14.7.